The van der Waals surface area contributed by atoms with Crippen LogP contribution in [0.2, 0.25) is 0 Å². The molecule has 0 fully saturated rings. The fourth-order valence-electron chi connectivity index (χ4n) is 1.29. The van der Waals surface area contributed by atoms with Crippen molar-refractivity contribution in [1.82, 2.24) is 15.6 Å². The van der Waals surface area contributed by atoms with Crippen molar-refractivity contribution in [3.05, 3.63) is 33.3 Å². The first-order chi connectivity index (χ1) is 7.27. The van der Waals surface area contributed by atoms with Crippen LogP contribution in [0.5, 0.6) is 0 Å². The highest BCUT2D eigenvalue weighted by molar-refractivity contribution is 7.08. The van der Waals surface area contributed by atoms with Gasteiger partial charge in [-0.05, 0) is 35.7 Å². The molecule has 0 aliphatic carbocycles. The second kappa shape index (κ2) is 4.55. The summed E-state index contributed by atoms with van der Waals surface area (Å²) in [5.74, 6) is 0. The van der Waals surface area contributed by atoms with Gasteiger partial charge < -0.3 is 5.32 Å². The quantitative estimate of drug-likeness (QED) is 0.861. The number of thiophene rings is 1. The Bertz CT molecular complexity index is 395. The Labute approximate surface area is 92.3 Å². The maximum atomic E-state index is 4.62. The molecule has 15 heavy (non-hydrogen) atoms. The Balaban J connectivity index is 1.86. The van der Waals surface area contributed by atoms with Gasteiger partial charge in [0.25, 0.3) is 0 Å². The summed E-state index contributed by atoms with van der Waals surface area (Å²) in [7, 11) is 0. The van der Waals surface area contributed by atoms with Gasteiger partial charge in [0.1, 0.15) is 11.4 Å². The van der Waals surface area contributed by atoms with Crippen molar-refractivity contribution in [3.63, 3.8) is 0 Å². The van der Waals surface area contributed by atoms with Gasteiger partial charge in [0.2, 0.25) is 0 Å². The topological polar surface area (TPSA) is 51.0 Å². The Hall–Kier alpha value is -1.20. The van der Waals surface area contributed by atoms with Gasteiger partial charge in [-0.2, -0.15) is 11.3 Å². The fourth-order valence-corrected chi connectivity index (χ4v) is 2.15. The molecule has 0 radical (unpaired) electrons. The lowest BCUT2D eigenvalue weighted by Crippen LogP contribution is -2.13. The van der Waals surface area contributed by atoms with Crippen molar-refractivity contribution in [2.24, 2.45) is 0 Å². The summed E-state index contributed by atoms with van der Waals surface area (Å²) in [6.45, 7) is 5.58. The van der Waals surface area contributed by atoms with Crippen LogP contribution in [-0.4, -0.2) is 10.3 Å². The number of hydrogen-bond acceptors (Lipinski definition) is 5. The van der Waals surface area contributed by atoms with E-state index in [2.05, 4.69) is 37.9 Å². The van der Waals surface area contributed by atoms with Crippen molar-refractivity contribution in [1.29, 1.82) is 0 Å². The lowest BCUT2D eigenvalue weighted by Gasteiger charge is -2.01. The molecule has 0 amide bonds. The molecule has 2 rings (SSSR count). The van der Waals surface area contributed by atoms with Crippen LogP contribution in [0.25, 0.3) is 0 Å². The third kappa shape index (κ3) is 2.43. The normalized spacial score (nSPS) is 10.8. The van der Waals surface area contributed by atoms with Gasteiger partial charge >= 0.3 is 0 Å². The van der Waals surface area contributed by atoms with E-state index in [-0.39, 0.29) is 0 Å². The molecule has 2 heterocycles. The zero-order valence-electron chi connectivity index (χ0n) is 8.78. The molecule has 4 nitrogen and oxygen atoms in total. The molecule has 1 N–H and O–H groups in total. The van der Waals surface area contributed by atoms with Gasteiger partial charge in [-0.15, -0.1) is 0 Å². The summed E-state index contributed by atoms with van der Waals surface area (Å²) in [5.41, 5.74) is 4.41. The number of rotatable bonds is 4. The molecular weight excluding hydrogens is 210 g/mol. The van der Waals surface area contributed by atoms with Crippen molar-refractivity contribution in [2.75, 3.05) is 0 Å². The van der Waals surface area contributed by atoms with Crippen LogP contribution in [0.3, 0.4) is 0 Å². The van der Waals surface area contributed by atoms with E-state index in [1.807, 2.05) is 6.92 Å². The first-order valence-corrected chi connectivity index (χ1v) is 5.72. The fraction of sp³-hybridized carbons (Fsp3) is 0.400. The van der Waals surface area contributed by atoms with E-state index in [1.165, 1.54) is 11.1 Å². The van der Waals surface area contributed by atoms with E-state index in [1.54, 1.807) is 11.3 Å². The monoisotopic (exact) mass is 223 g/mol. The molecule has 0 saturated carbocycles. The highest BCUT2D eigenvalue weighted by atomic mass is 32.1. The first-order valence-electron chi connectivity index (χ1n) is 4.78. The zero-order valence-corrected chi connectivity index (χ0v) is 9.60. The van der Waals surface area contributed by atoms with Crippen LogP contribution in [0.15, 0.2) is 15.4 Å². The molecule has 0 saturated heterocycles. The largest absolute Gasteiger partial charge is 0.307 e. The molecule has 0 aliphatic heterocycles. The number of aryl methyl sites for hydroxylation is 2. The summed E-state index contributed by atoms with van der Waals surface area (Å²) in [4.78, 5) is 0. The maximum absolute atomic E-state index is 4.62. The van der Waals surface area contributed by atoms with Gasteiger partial charge in [0.15, 0.2) is 0 Å². The molecule has 0 aromatic carbocycles. The third-order valence-corrected chi connectivity index (χ3v) is 3.23. The Morgan fingerprint density at radius 1 is 1.27 bits per heavy atom. The van der Waals surface area contributed by atoms with Gasteiger partial charge in [0, 0.05) is 13.1 Å². The molecule has 0 atom stereocenters. The maximum Gasteiger partial charge on any atom is 0.121 e. The minimum atomic E-state index is 0.699. The summed E-state index contributed by atoms with van der Waals surface area (Å²) in [5, 5.41) is 15.2. The highest BCUT2D eigenvalue weighted by Gasteiger charge is 2.04. The van der Waals surface area contributed by atoms with Gasteiger partial charge in [-0.25, -0.2) is 4.63 Å². The van der Waals surface area contributed by atoms with Gasteiger partial charge in [-0.1, -0.05) is 10.3 Å². The predicted octanol–water partition coefficient (Wildman–Crippen LogP) is 2.04. The van der Waals surface area contributed by atoms with Crippen LogP contribution < -0.4 is 5.32 Å². The Kier molecular flexibility index (Phi) is 3.13. The number of aromatic nitrogens is 2. The Morgan fingerprint density at radius 3 is 2.73 bits per heavy atom. The molecule has 0 spiro atoms. The van der Waals surface area contributed by atoms with E-state index in [0.717, 1.165) is 17.9 Å². The van der Waals surface area contributed by atoms with E-state index < -0.39 is 0 Å². The van der Waals surface area contributed by atoms with E-state index >= 15 is 0 Å². The van der Waals surface area contributed by atoms with E-state index in [0.29, 0.717) is 6.54 Å². The van der Waals surface area contributed by atoms with Crippen LogP contribution in [0.1, 0.15) is 22.5 Å². The zero-order chi connectivity index (χ0) is 10.7. The number of hydrogen-bond donors (Lipinski definition) is 1. The van der Waals surface area contributed by atoms with E-state index in [4.69, 9.17) is 0 Å². The lowest BCUT2D eigenvalue weighted by molar-refractivity contribution is 0.300. The lowest BCUT2D eigenvalue weighted by atomic mass is 10.2. The summed E-state index contributed by atoms with van der Waals surface area (Å²) in [6.07, 6.45) is 0. The molecule has 0 bridgehead atoms. The molecule has 0 aliphatic rings. The molecule has 2 aromatic heterocycles. The average molecular weight is 223 g/mol. The van der Waals surface area contributed by atoms with Crippen molar-refractivity contribution < 1.29 is 4.63 Å². The standard InChI is InChI=1S/C10H13N3OS/c1-7-5-15-6-9(7)3-11-4-10-8(2)12-14-13-10/h5-6,11H,3-4H2,1-2H3. The van der Waals surface area contributed by atoms with Crippen LogP contribution >= 0.6 is 11.3 Å². The van der Waals surface area contributed by atoms with E-state index in [9.17, 15) is 0 Å². The molecule has 80 valence electrons. The molecule has 5 heteroatoms. The smallest absolute Gasteiger partial charge is 0.121 e. The second-order valence-corrected chi connectivity index (χ2v) is 4.22. The molecule has 0 unspecified atom stereocenters. The van der Waals surface area contributed by atoms with Crippen molar-refractivity contribution in [3.8, 4) is 0 Å². The number of nitrogens with one attached hydrogen (secondary N) is 1. The van der Waals surface area contributed by atoms with Crippen molar-refractivity contribution in [2.45, 2.75) is 26.9 Å². The summed E-state index contributed by atoms with van der Waals surface area (Å²) in [6, 6.07) is 0. The minimum Gasteiger partial charge on any atom is -0.307 e. The minimum absolute atomic E-state index is 0.699. The second-order valence-electron chi connectivity index (χ2n) is 3.48. The summed E-state index contributed by atoms with van der Waals surface area (Å²) < 4.78 is 4.62. The predicted molar refractivity (Wildman–Crippen MR) is 58.6 cm³/mol. The Morgan fingerprint density at radius 2 is 2.13 bits per heavy atom. The third-order valence-electron chi connectivity index (χ3n) is 2.32. The molecule has 2 aromatic rings. The molecular formula is C10H13N3OS. The van der Waals surface area contributed by atoms with Crippen molar-refractivity contribution >= 4 is 11.3 Å². The van der Waals surface area contributed by atoms with Crippen LogP contribution in [0, 0.1) is 13.8 Å². The van der Waals surface area contributed by atoms with Gasteiger partial charge in [-0.3, -0.25) is 0 Å². The average Bonchev–Trinajstić information content (AvgIpc) is 2.78. The number of nitrogens with zero attached hydrogens (tertiary/aromatic N) is 2. The first kappa shape index (κ1) is 10.3. The SMILES string of the molecule is Cc1cscc1CNCc1nonc1C. The highest BCUT2D eigenvalue weighted by Crippen LogP contribution is 2.13. The van der Waals surface area contributed by atoms with Gasteiger partial charge in [0.05, 0.1) is 0 Å². The van der Waals surface area contributed by atoms with Crippen LogP contribution in [-0.2, 0) is 13.1 Å². The summed E-state index contributed by atoms with van der Waals surface area (Å²) >= 11 is 1.73. The van der Waals surface area contributed by atoms with Crippen LogP contribution in [0.4, 0.5) is 0 Å².